The molecule has 1 rings (SSSR count). The zero-order valence-corrected chi connectivity index (χ0v) is 11.4. The van der Waals surface area contributed by atoms with Gasteiger partial charge in [0.25, 0.3) is 0 Å². The Morgan fingerprint density at radius 1 is 1.43 bits per heavy atom. The average Bonchev–Trinajstić information content (AvgIpc) is 2.15. The Morgan fingerprint density at radius 3 is 2.43 bits per heavy atom. The number of carboxylic acid groups (broad SMARTS) is 1. The number of hydrogen-bond acceptors (Lipinski definition) is 2. The molecule has 0 saturated carbocycles. The van der Waals surface area contributed by atoms with Gasteiger partial charge in [0.15, 0.2) is 0 Å². The van der Waals surface area contributed by atoms with Crippen LogP contribution in [0.3, 0.4) is 0 Å². The van der Waals surface area contributed by atoms with Gasteiger partial charge in [0.2, 0.25) is 0 Å². The van der Waals surface area contributed by atoms with Gasteiger partial charge in [0.1, 0.15) is 0 Å². The zero-order chi connectivity index (χ0) is 9.68. The van der Waals surface area contributed by atoms with Crippen LogP contribution in [0, 0.1) is 0 Å². The molecule has 0 heterocycles. The standard InChI is InChI=1S/C9H11NO2Se.H2Se/c11-9(12)8(6-13)10-7-4-2-1-3-5-7;/h1-5,8,10,13H,6H2,(H,11,12);1H2. The van der Waals surface area contributed by atoms with Gasteiger partial charge < -0.3 is 0 Å². The molecule has 0 radical (unpaired) electrons. The second kappa shape index (κ2) is 6.91. The Balaban J connectivity index is 0.00000169. The number of para-hydroxylation sites is 1. The van der Waals surface area contributed by atoms with Crippen molar-refractivity contribution in [3.05, 3.63) is 30.3 Å². The molecule has 1 aromatic rings. The SMILES string of the molecule is O=C(O)C(C[SeH])Nc1ccccc1.[SeH2]. The summed E-state index contributed by atoms with van der Waals surface area (Å²) in [5.74, 6) is -0.829. The average molecular weight is 325 g/mol. The molecule has 3 nitrogen and oxygen atoms in total. The van der Waals surface area contributed by atoms with Crippen LogP contribution in [-0.2, 0) is 4.79 Å². The van der Waals surface area contributed by atoms with Crippen LogP contribution in [0.2, 0.25) is 5.32 Å². The van der Waals surface area contributed by atoms with Crippen LogP contribution in [0.1, 0.15) is 0 Å². The minimum atomic E-state index is -0.829. The number of nitrogens with one attached hydrogen (secondary N) is 1. The van der Waals surface area contributed by atoms with Gasteiger partial charge in [-0.1, -0.05) is 0 Å². The van der Waals surface area contributed by atoms with Gasteiger partial charge >= 0.3 is 102 Å². The summed E-state index contributed by atoms with van der Waals surface area (Å²) < 4.78 is 0. The molecule has 0 aliphatic heterocycles. The number of anilines is 1. The molecule has 0 aliphatic carbocycles. The van der Waals surface area contributed by atoms with E-state index in [9.17, 15) is 4.79 Å². The van der Waals surface area contributed by atoms with Crippen molar-refractivity contribution in [3.63, 3.8) is 0 Å². The van der Waals surface area contributed by atoms with E-state index in [2.05, 4.69) is 21.3 Å². The van der Waals surface area contributed by atoms with Crippen LogP contribution in [0.5, 0.6) is 0 Å². The maximum atomic E-state index is 10.7. The van der Waals surface area contributed by atoms with E-state index in [-0.39, 0.29) is 17.1 Å². The Hall–Kier alpha value is -0.471. The molecule has 0 bridgehead atoms. The van der Waals surface area contributed by atoms with Crippen molar-refractivity contribution in [2.45, 2.75) is 11.4 Å². The van der Waals surface area contributed by atoms with E-state index in [1.165, 1.54) is 0 Å². The van der Waals surface area contributed by atoms with Crippen LogP contribution in [0.25, 0.3) is 0 Å². The topological polar surface area (TPSA) is 49.3 Å². The van der Waals surface area contributed by atoms with Gasteiger partial charge in [0, 0.05) is 0 Å². The summed E-state index contributed by atoms with van der Waals surface area (Å²) in [6, 6.07) is 8.79. The van der Waals surface area contributed by atoms with Crippen molar-refractivity contribution in [1.29, 1.82) is 0 Å². The van der Waals surface area contributed by atoms with Gasteiger partial charge in [0.05, 0.1) is 0 Å². The summed E-state index contributed by atoms with van der Waals surface area (Å²) in [5, 5.41) is 12.2. The monoisotopic (exact) mass is 327 g/mol. The summed E-state index contributed by atoms with van der Waals surface area (Å²) in [6.07, 6.45) is 0. The first-order valence-corrected chi connectivity index (χ1v) is 5.22. The van der Waals surface area contributed by atoms with E-state index in [0.717, 1.165) is 5.69 Å². The van der Waals surface area contributed by atoms with Crippen molar-refractivity contribution in [2.24, 2.45) is 0 Å². The van der Waals surface area contributed by atoms with Crippen LogP contribution in [0.15, 0.2) is 30.3 Å². The fourth-order valence-electron chi connectivity index (χ4n) is 0.921. The summed E-state index contributed by atoms with van der Waals surface area (Å²) >= 11 is 2.27. The molecule has 78 valence electrons. The molecular weight excluding hydrogens is 312 g/mol. The maximum absolute atomic E-state index is 10.7. The van der Waals surface area contributed by atoms with Crippen molar-refractivity contribution >= 4 is 44.7 Å². The number of rotatable bonds is 4. The fraction of sp³-hybridized carbons (Fsp3) is 0.222. The Morgan fingerprint density at radius 2 is 2.00 bits per heavy atom. The van der Waals surface area contributed by atoms with Gasteiger partial charge in [-0.3, -0.25) is 0 Å². The van der Waals surface area contributed by atoms with E-state index < -0.39 is 12.0 Å². The molecule has 0 amide bonds. The third-order valence-electron chi connectivity index (χ3n) is 1.60. The molecule has 1 aromatic carbocycles. The Labute approximate surface area is 102 Å². The quantitative estimate of drug-likeness (QED) is 0.764. The molecule has 0 saturated heterocycles. The van der Waals surface area contributed by atoms with Gasteiger partial charge in [-0.05, 0) is 0 Å². The number of carbonyl (C=O) groups is 1. The first kappa shape index (κ1) is 13.5. The minimum absolute atomic E-state index is 0. The van der Waals surface area contributed by atoms with E-state index in [0.29, 0.717) is 5.32 Å². The number of carboxylic acids is 1. The first-order valence-electron chi connectivity index (χ1n) is 3.89. The number of hydrogen-bond donors (Lipinski definition) is 2. The van der Waals surface area contributed by atoms with Crippen molar-refractivity contribution in [1.82, 2.24) is 0 Å². The van der Waals surface area contributed by atoms with Gasteiger partial charge in [-0.25, -0.2) is 0 Å². The van der Waals surface area contributed by atoms with Crippen molar-refractivity contribution < 1.29 is 9.90 Å². The predicted molar refractivity (Wildman–Crippen MR) is 62.0 cm³/mol. The number of benzene rings is 1. The molecule has 0 spiro atoms. The molecule has 0 aliphatic rings. The normalized spacial score (nSPS) is 11.2. The molecular formula is C9H13NO2Se2. The molecule has 0 aromatic heterocycles. The van der Waals surface area contributed by atoms with Crippen LogP contribution in [-0.4, -0.2) is 50.2 Å². The second-order valence-electron chi connectivity index (χ2n) is 2.58. The summed E-state index contributed by atoms with van der Waals surface area (Å²) in [7, 11) is 0. The molecule has 14 heavy (non-hydrogen) atoms. The van der Waals surface area contributed by atoms with Crippen LogP contribution < -0.4 is 5.32 Å². The molecule has 1 unspecified atom stereocenters. The van der Waals surface area contributed by atoms with E-state index in [1.807, 2.05) is 30.3 Å². The molecule has 2 N–H and O–H groups in total. The summed E-state index contributed by atoms with van der Waals surface area (Å²) in [5.41, 5.74) is 0.834. The van der Waals surface area contributed by atoms with Gasteiger partial charge in [-0.2, -0.15) is 0 Å². The predicted octanol–water partition coefficient (Wildman–Crippen LogP) is -0.0454. The zero-order valence-electron chi connectivity index (χ0n) is 7.47. The third kappa shape index (κ3) is 4.16. The molecule has 0 fully saturated rings. The van der Waals surface area contributed by atoms with Gasteiger partial charge in [-0.15, -0.1) is 0 Å². The van der Waals surface area contributed by atoms with E-state index in [4.69, 9.17) is 5.11 Å². The van der Waals surface area contributed by atoms with E-state index >= 15 is 0 Å². The fourth-order valence-corrected chi connectivity index (χ4v) is 1.44. The second-order valence-corrected chi connectivity index (χ2v) is 3.35. The van der Waals surface area contributed by atoms with Crippen LogP contribution >= 0.6 is 0 Å². The Kier molecular flexibility index (Phi) is 6.67. The molecule has 1 atom stereocenters. The summed E-state index contributed by atoms with van der Waals surface area (Å²) in [6.45, 7) is 0. The van der Waals surface area contributed by atoms with Crippen molar-refractivity contribution in [2.75, 3.05) is 5.32 Å². The number of aliphatic carboxylic acids is 1. The van der Waals surface area contributed by atoms with Crippen LogP contribution in [0.4, 0.5) is 5.69 Å². The van der Waals surface area contributed by atoms with E-state index in [1.54, 1.807) is 0 Å². The first-order chi connectivity index (χ1) is 6.24. The summed E-state index contributed by atoms with van der Waals surface area (Å²) in [4.78, 5) is 10.7. The Bertz CT molecular complexity index is 279. The molecule has 5 heteroatoms. The third-order valence-corrected chi connectivity index (χ3v) is 2.36. The van der Waals surface area contributed by atoms with Crippen molar-refractivity contribution in [3.8, 4) is 0 Å².